The molecule has 0 radical (unpaired) electrons. The Kier molecular flexibility index (Phi) is 6.06. The fourth-order valence-corrected chi connectivity index (χ4v) is 1.79. The molecular weight excluding hydrogens is 246 g/mol. The van der Waals surface area contributed by atoms with Crippen molar-refractivity contribution in [3.8, 4) is 6.07 Å². The summed E-state index contributed by atoms with van der Waals surface area (Å²) >= 11 is 0. The van der Waals surface area contributed by atoms with Crippen LogP contribution < -0.4 is 0 Å². The van der Waals surface area contributed by atoms with Gasteiger partial charge in [-0.3, -0.25) is 4.90 Å². The van der Waals surface area contributed by atoms with E-state index < -0.39 is 5.60 Å². The molecule has 0 N–H and O–H groups in total. The molecule has 19 heavy (non-hydrogen) atoms. The summed E-state index contributed by atoms with van der Waals surface area (Å²) in [7, 11) is 0. The topological polar surface area (TPSA) is 65.8 Å². The van der Waals surface area contributed by atoms with Crippen LogP contribution in [0.4, 0.5) is 4.79 Å². The monoisotopic (exact) mass is 269 g/mol. The van der Waals surface area contributed by atoms with Crippen LogP contribution in [0.3, 0.4) is 0 Å². The summed E-state index contributed by atoms with van der Waals surface area (Å²) < 4.78 is 10.5. The normalized spacial score (nSPS) is 17.1. The fourth-order valence-electron chi connectivity index (χ4n) is 1.79. The Hall–Kier alpha value is -1.32. The highest BCUT2D eigenvalue weighted by Crippen LogP contribution is 2.11. The molecule has 6 nitrogen and oxygen atoms in total. The Morgan fingerprint density at radius 3 is 2.42 bits per heavy atom. The van der Waals surface area contributed by atoms with Crippen LogP contribution in [-0.4, -0.2) is 67.4 Å². The molecule has 0 aromatic carbocycles. The van der Waals surface area contributed by atoms with Crippen LogP contribution in [0.1, 0.15) is 20.8 Å². The van der Waals surface area contributed by atoms with Gasteiger partial charge in [-0.05, 0) is 20.8 Å². The lowest BCUT2D eigenvalue weighted by atomic mass is 10.2. The van der Waals surface area contributed by atoms with Crippen molar-refractivity contribution in [2.75, 3.05) is 45.9 Å². The molecule has 6 heteroatoms. The van der Waals surface area contributed by atoms with Gasteiger partial charge in [-0.2, -0.15) is 5.26 Å². The maximum atomic E-state index is 11.8. The van der Waals surface area contributed by atoms with Gasteiger partial charge in [0, 0.05) is 32.7 Å². The van der Waals surface area contributed by atoms with Crippen molar-refractivity contribution in [3.05, 3.63) is 0 Å². The van der Waals surface area contributed by atoms with E-state index in [1.165, 1.54) is 0 Å². The number of rotatable bonds is 4. The molecule has 0 saturated carbocycles. The second-order valence-corrected chi connectivity index (χ2v) is 5.52. The summed E-state index contributed by atoms with van der Waals surface area (Å²) in [6.45, 7) is 10.1. The minimum atomic E-state index is -0.445. The highest BCUT2D eigenvalue weighted by atomic mass is 16.6. The molecule has 0 spiro atoms. The van der Waals surface area contributed by atoms with E-state index in [-0.39, 0.29) is 12.7 Å². The number of hydrogen-bond acceptors (Lipinski definition) is 5. The van der Waals surface area contributed by atoms with Crippen LogP contribution in [0, 0.1) is 11.3 Å². The number of piperazine rings is 1. The second kappa shape index (κ2) is 7.31. The van der Waals surface area contributed by atoms with Gasteiger partial charge in [0.15, 0.2) is 0 Å². The number of carbonyl (C=O) groups is 1. The predicted molar refractivity (Wildman–Crippen MR) is 70.7 cm³/mol. The molecule has 1 aliphatic rings. The number of carbonyl (C=O) groups excluding carboxylic acids is 1. The Labute approximate surface area is 114 Å². The Balaban J connectivity index is 2.22. The number of hydrogen-bond donors (Lipinski definition) is 0. The predicted octanol–water partition coefficient (Wildman–Crippen LogP) is 1.08. The molecular formula is C13H23N3O3. The van der Waals surface area contributed by atoms with E-state index in [4.69, 9.17) is 14.7 Å². The van der Waals surface area contributed by atoms with E-state index >= 15 is 0 Å². The molecule has 1 amide bonds. The van der Waals surface area contributed by atoms with Crippen molar-refractivity contribution >= 4 is 6.09 Å². The Bertz CT molecular complexity index is 325. The van der Waals surface area contributed by atoms with Gasteiger partial charge in [0.05, 0.1) is 12.7 Å². The van der Waals surface area contributed by atoms with Crippen molar-refractivity contribution in [1.29, 1.82) is 5.26 Å². The van der Waals surface area contributed by atoms with Crippen LogP contribution >= 0.6 is 0 Å². The minimum absolute atomic E-state index is 0.137. The average Bonchev–Trinajstić information content (AvgIpc) is 2.33. The zero-order valence-corrected chi connectivity index (χ0v) is 12.0. The van der Waals surface area contributed by atoms with Gasteiger partial charge >= 0.3 is 6.09 Å². The first-order valence-corrected chi connectivity index (χ1v) is 6.57. The first-order valence-electron chi connectivity index (χ1n) is 6.57. The molecule has 0 aromatic rings. The molecule has 108 valence electrons. The molecule has 0 atom stereocenters. The van der Waals surface area contributed by atoms with Gasteiger partial charge in [0.25, 0.3) is 0 Å². The Morgan fingerprint density at radius 2 is 1.89 bits per heavy atom. The lowest BCUT2D eigenvalue weighted by Crippen LogP contribution is -2.50. The third-order valence-electron chi connectivity index (χ3n) is 2.74. The summed E-state index contributed by atoms with van der Waals surface area (Å²) in [6, 6.07) is 1.94. The van der Waals surface area contributed by atoms with Gasteiger partial charge in [0.1, 0.15) is 12.2 Å². The van der Waals surface area contributed by atoms with Crippen LogP contribution in [-0.2, 0) is 9.47 Å². The minimum Gasteiger partial charge on any atom is -0.444 e. The third-order valence-corrected chi connectivity index (χ3v) is 2.74. The first kappa shape index (κ1) is 15.7. The molecule has 1 heterocycles. The van der Waals surface area contributed by atoms with E-state index in [9.17, 15) is 4.79 Å². The van der Waals surface area contributed by atoms with Crippen LogP contribution in [0.5, 0.6) is 0 Å². The summed E-state index contributed by atoms with van der Waals surface area (Å²) in [5, 5.41) is 8.35. The fraction of sp³-hybridized carbons (Fsp3) is 0.846. The summed E-state index contributed by atoms with van der Waals surface area (Å²) in [5.74, 6) is 0. The van der Waals surface area contributed by atoms with E-state index in [2.05, 4.69) is 4.90 Å². The molecule has 1 saturated heterocycles. The van der Waals surface area contributed by atoms with E-state index in [0.29, 0.717) is 19.7 Å². The smallest absolute Gasteiger partial charge is 0.410 e. The third kappa shape index (κ3) is 6.41. The largest absolute Gasteiger partial charge is 0.444 e. The number of amides is 1. The van der Waals surface area contributed by atoms with Crippen molar-refractivity contribution in [2.45, 2.75) is 26.4 Å². The van der Waals surface area contributed by atoms with Gasteiger partial charge in [-0.1, -0.05) is 0 Å². The van der Waals surface area contributed by atoms with Crippen LogP contribution in [0.2, 0.25) is 0 Å². The molecule has 1 aliphatic heterocycles. The standard InChI is InChI=1S/C13H23N3O3/c1-13(2,3)19-12(17)16-7-5-15(6-8-16)9-11-18-10-4-14/h5-11H2,1-3H3. The lowest BCUT2D eigenvalue weighted by Gasteiger charge is -2.35. The molecule has 1 fully saturated rings. The molecule has 1 rings (SSSR count). The first-order chi connectivity index (χ1) is 8.92. The quantitative estimate of drug-likeness (QED) is 0.714. The van der Waals surface area contributed by atoms with Gasteiger partial charge < -0.3 is 14.4 Å². The van der Waals surface area contributed by atoms with Crippen molar-refractivity contribution < 1.29 is 14.3 Å². The summed E-state index contributed by atoms with van der Waals surface area (Å²) in [5.41, 5.74) is -0.445. The summed E-state index contributed by atoms with van der Waals surface area (Å²) in [6.07, 6.45) is -0.243. The summed E-state index contributed by atoms with van der Waals surface area (Å²) in [4.78, 5) is 15.8. The second-order valence-electron chi connectivity index (χ2n) is 5.52. The molecule has 0 bridgehead atoms. The van der Waals surface area contributed by atoms with Gasteiger partial charge in [0.2, 0.25) is 0 Å². The van der Waals surface area contributed by atoms with Crippen molar-refractivity contribution in [2.24, 2.45) is 0 Å². The van der Waals surface area contributed by atoms with Gasteiger partial charge in [-0.25, -0.2) is 4.79 Å². The Morgan fingerprint density at radius 1 is 1.26 bits per heavy atom. The highest BCUT2D eigenvalue weighted by Gasteiger charge is 2.25. The van der Waals surface area contributed by atoms with Crippen LogP contribution in [0.25, 0.3) is 0 Å². The van der Waals surface area contributed by atoms with Gasteiger partial charge in [-0.15, -0.1) is 0 Å². The average molecular weight is 269 g/mol. The molecule has 0 unspecified atom stereocenters. The van der Waals surface area contributed by atoms with E-state index in [1.54, 1.807) is 4.90 Å². The van der Waals surface area contributed by atoms with E-state index in [1.807, 2.05) is 26.8 Å². The maximum absolute atomic E-state index is 11.8. The van der Waals surface area contributed by atoms with E-state index in [0.717, 1.165) is 19.6 Å². The lowest BCUT2D eigenvalue weighted by molar-refractivity contribution is 0.0122. The SMILES string of the molecule is CC(C)(C)OC(=O)N1CCN(CCOCC#N)CC1. The van der Waals surface area contributed by atoms with Crippen LogP contribution in [0.15, 0.2) is 0 Å². The maximum Gasteiger partial charge on any atom is 0.410 e. The number of nitriles is 1. The van der Waals surface area contributed by atoms with Crippen molar-refractivity contribution in [3.63, 3.8) is 0 Å². The number of nitrogens with zero attached hydrogens (tertiary/aromatic N) is 3. The zero-order valence-electron chi connectivity index (χ0n) is 12.0. The highest BCUT2D eigenvalue weighted by molar-refractivity contribution is 5.68. The zero-order chi connectivity index (χ0) is 14.3. The molecule has 0 aliphatic carbocycles. The molecule has 0 aromatic heterocycles. The number of ether oxygens (including phenoxy) is 2. The van der Waals surface area contributed by atoms with Crippen molar-refractivity contribution in [1.82, 2.24) is 9.80 Å².